The van der Waals surface area contributed by atoms with E-state index < -0.39 is 0 Å². The van der Waals surface area contributed by atoms with Crippen molar-refractivity contribution in [3.05, 3.63) is 5.01 Å². The molecule has 15 heavy (non-hydrogen) atoms. The number of nitrogens with zero attached hydrogens (tertiary/aromatic N) is 2. The number of hydrogen-bond acceptors (Lipinski definition) is 6. The Morgan fingerprint density at radius 3 is 2.93 bits per heavy atom. The number of carbonyl (C=O) groups is 2. The van der Waals surface area contributed by atoms with E-state index in [0.717, 1.165) is 11.3 Å². The minimum Gasteiger partial charge on any atom is -0.374 e. The van der Waals surface area contributed by atoms with Crippen LogP contribution in [0.1, 0.15) is 16.2 Å². The minimum atomic E-state index is -0.342. The standard InChI is InChI=1S/C7H9N5O2S/c8-7-12-11-6(15-7)5(14)10-3-1-4(13)9-2-3/h3H,1-2H2,(H2,8,12)(H,9,13)(H,10,14). The van der Waals surface area contributed by atoms with Gasteiger partial charge in [0.05, 0.1) is 6.04 Å². The molecule has 1 aliphatic rings. The third-order valence-corrected chi connectivity index (χ3v) is 2.70. The van der Waals surface area contributed by atoms with Crippen LogP contribution in [0.25, 0.3) is 0 Å². The van der Waals surface area contributed by atoms with Gasteiger partial charge in [0.15, 0.2) is 0 Å². The Kier molecular flexibility index (Phi) is 2.50. The second kappa shape index (κ2) is 3.81. The molecule has 8 heteroatoms. The van der Waals surface area contributed by atoms with Crippen LogP contribution >= 0.6 is 11.3 Å². The molecule has 2 amide bonds. The van der Waals surface area contributed by atoms with E-state index in [0.29, 0.717) is 13.0 Å². The molecule has 0 radical (unpaired) electrons. The quantitative estimate of drug-likeness (QED) is 0.584. The molecule has 1 saturated heterocycles. The van der Waals surface area contributed by atoms with Gasteiger partial charge < -0.3 is 16.4 Å². The van der Waals surface area contributed by atoms with Gasteiger partial charge in [0, 0.05) is 13.0 Å². The zero-order chi connectivity index (χ0) is 10.8. The highest BCUT2D eigenvalue weighted by molar-refractivity contribution is 7.16. The van der Waals surface area contributed by atoms with E-state index >= 15 is 0 Å². The molecule has 0 spiro atoms. The summed E-state index contributed by atoms with van der Waals surface area (Å²) >= 11 is 1.02. The highest BCUT2D eigenvalue weighted by atomic mass is 32.1. The Morgan fingerprint density at radius 2 is 2.40 bits per heavy atom. The normalized spacial score (nSPS) is 20.0. The Bertz CT molecular complexity index is 404. The molecule has 2 rings (SSSR count). The highest BCUT2D eigenvalue weighted by Crippen LogP contribution is 2.11. The van der Waals surface area contributed by atoms with Gasteiger partial charge in [0.2, 0.25) is 16.0 Å². The number of nitrogen functional groups attached to an aromatic ring is 1. The lowest BCUT2D eigenvalue weighted by Crippen LogP contribution is -2.36. The van der Waals surface area contributed by atoms with E-state index in [9.17, 15) is 9.59 Å². The van der Waals surface area contributed by atoms with Crippen molar-refractivity contribution in [3.8, 4) is 0 Å². The van der Waals surface area contributed by atoms with E-state index in [1.807, 2.05) is 0 Å². The summed E-state index contributed by atoms with van der Waals surface area (Å²) in [5, 5.41) is 12.9. The topological polar surface area (TPSA) is 110 Å². The van der Waals surface area contributed by atoms with Crippen molar-refractivity contribution in [1.82, 2.24) is 20.8 Å². The zero-order valence-electron chi connectivity index (χ0n) is 7.69. The molecule has 0 saturated carbocycles. The van der Waals surface area contributed by atoms with Crippen molar-refractivity contribution in [2.45, 2.75) is 12.5 Å². The van der Waals surface area contributed by atoms with Gasteiger partial charge in [-0.15, -0.1) is 10.2 Å². The summed E-state index contributed by atoms with van der Waals surface area (Å²) < 4.78 is 0. The lowest BCUT2D eigenvalue weighted by Gasteiger charge is -2.07. The average Bonchev–Trinajstić information content (AvgIpc) is 2.75. The van der Waals surface area contributed by atoms with Gasteiger partial charge in [0.1, 0.15) is 0 Å². The van der Waals surface area contributed by atoms with Crippen LogP contribution in [0.5, 0.6) is 0 Å². The Labute approximate surface area is 89.1 Å². The molecule has 1 unspecified atom stereocenters. The third kappa shape index (κ3) is 2.21. The monoisotopic (exact) mass is 227 g/mol. The number of anilines is 1. The van der Waals surface area contributed by atoms with Gasteiger partial charge in [-0.1, -0.05) is 11.3 Å². The summed E-state index contributed by atoms with van der Waals surface area (Å²) in [7, 11) is 0. The van der Waals surface area contributed by atoms with E-state index in [1.165, 1.54) is 0 Å². The number of aromatic nitrogens is 2. The molecule has 0 aliphatic carbocycles. The van der Waals surface area contributed by atoms with Crippen LogP contribution in [0.3, 0.4) is 0 Å². The van der Waals surface area contributed by atoms with Crippen molar-refractivity contribution < 1.29 is 9.59 Å². The number of amides is 2. The summed E-state index contributed by atoms with van der Waals surface area (Å²) in [6, 6.07) is -0.171. The van der Waals surface area contributed by atoms with Crippen LogP contribution in [0.2, 0.25) is 0 Å². The lowest BCUT2D eigenvalue weighted by atomic mass is 10.2. The van der Waals surface area contributed by atoms with Gasteiger partial charge in [-0.25, -0.2) is 0 Å². The molecule has 1 aromatic heterocycles. The Balaban J connectivity index is 1.95. The van der Waals surface area contributed by atoms with Gasteiger partial charge in [-0.05, 0) is 0 Å². The maximum atomic E-state index is 11.5. The minimum absolute atomic E-state index is 0.0583. The highest BCUT2D eigenvalue weighted by Gasteiger charge is 2.24. The first-order chi connectivity index (χ1) is 7.15. The van der Waals surface area contributed by atoms with Crippen LogP contribution in [0.4, 0.5) is 5.13 Å². The number of rotatable bonds is 2. The van der Waals surface area contributed by atoms with Crippen molar-refractivity contribution in [2.24, 2.45) is 0 Å². The maximum absolute atomic E-state index is 11.5. The van der Waals surface area contributed by atoms with E-state index in [2.05, 4.69) is 20.8 Å². The maximum Gasteiger partial charge on any atom is 0.282 e. The third-order valence-electron chi connectivity index (χ3n) is 1.95. The van der Waals surface area contributed by atoms with E-state index in [-0.39, 0.29) is 28.0 Å². The first-order valence-electron chi connectivity index (χ1n) is 4.31. The van der Waals surface area contributed by atoms with E-state index in [4.69, 9.17) is 5.73 Å². The molecule has 0 aromatic carbocycles. The molecule has 1 aromatic rings. The van der Waals surface area contributed by atoms with Crippen LogP contribution in [0.15, 0.2) is 0 Å². The van der Waals surface area contributed by atoms with Crippen LogP contribution in [-0.4, -0.2) is 34.6 Å². The first-order valence-corrected chi connectivity index (χ1v) is 5.13. The van der Waals surface area contributed by atoms with Gasteiger partial charge >= 0.3 is 0 Å². The average molecular weight is 227 g/mol. The summed E-state index contributed by atoms with van der Waals surface area (Å²) in [6.45, 7) is 0.457. The fourth-order valence-corrected chi connectivity index (χ4v) is 1.79. The van der Waals surface area contributed by atoms with Crippen molar-refractivity contribution in [2.75, 3.05) is 12.3 Å². The molecule has 2 heterocycles. The molecule has 1 atom stereocenters. The van der Waals surface area contributed by atoms with Crippen molar-refractivity contribution in [1.29, 1.82) is 0 Å². The number of carbonyl (C=O) groups excluding carboxylic acids is 2. The lowest BCUT2D eigenvalue weighted by molar-refractivity contribution is -0.119. The van der Waals surface area contributed by atoms with Crippen LogP contribution < -0.4 is 16.4 Å². The number of nitrogens with two attached hydrogens (primary N) is 1. The molecule has 4 N–H and O–H groups in total. The predicted molar refractivity (Wildman–Crippen MR) is 53.2 cm³/mol. The Morgan fingerprint density at radius 1 is 1.60 bits per heavy atom. The van der Waals surface area contributed by atoms with Crippen LogP contribution in [0, 0.1) is 0 Å². The SMILES string of the molecule is Nc1nnc(C(=O)NC2CNC(=O)C2)s1. The number of hydrogen-bond donors (Lipinski definition) is 3. The van der Waals surface area contributed by atoms with Gasteiger partial charge in [-0.2, -0.15) is 0 Å². The molecular formula is C7H9N5O2S. The smallest absolute Gasteiger partial charge is 0.282 e. The van der Waals surface area contributed by atoms with Crippen molar-refractivity contribution in [3.63, 3.8) is 0 Å². The summed E-state index contributed by atoms with van der Waals surface area (Å²) in [5.41, 5.74) is 5.35. The zero-order valence-corrected chi connectivity index (χ0v) is 8.50. The second-order valence-corrected chi connectivity index (χ2v) is 4.13. The molecular weight excluding hydrogens is 218 g/mol. The largest absolute Gasteiger partial charge is 0.374 e. The molecule has 1 fully saturated rings. The second-order valence-electron chi connectivity index (χ2n) is 3.12. The summed E-state index contributed by atoms with van der Waals surface area (Å²) in [5.74, 6) is -0.400. The molecule has 80 valence electrons. The first kappa shape index (κ1) is 9.84. The fourth-order valence-electron chi connectivity index (χ4n) is 1.28. The fraction of sp³-hybridized carbons (Fsp3) is 0.429. The molecule has 7 nitrogen and oxygen atoms in total. The predicted octanol–water partition coefficient (Wildman–Crippen LogP) is -1.26. The summed E-state index contributed by atoms with van der Waals surface area (Å²) in [4.78, 5) is 22.4. The van der Waals surface area contributed by atoms with Gasteiger partial charge in [-0.3, -0.25) is 9.59 Å². The van der Waals surface area contributed by atoms with Crippen LogP contribution in [-0.2, 0) is 4.79 Å². The molecule has 1 aliphatic heterocycles. The number of nitrogens with one attached hydrogen (secondary N) is 2. The van der Waals surface area contributed by atoms with Gasteiger partial charge in [0.25, 0.3) is 5.91 Å². The Hall–Kier alpha value is -1.70. The summed E-state index contributed by atoms with van der Waals surface area (Å²) in [6.07, 6.45) is 0.306. The van der Waals surface area contributed by atoms with Crippen molar-refractivity contribution >= 4 is 28.3 Å². The molecule has 0 bridgehead atoms. The van der Waals surface area contributed by atoms with E-state index in [1.54, 1.807) is 0 Å².